The minimum atomic E-state index is 0.324. The first-order valence-electron chi connectivity index (χ1n) is 5.31. The van der Waals surface area contributed by atoms with Gasteiger partial charge in [0.05, 0.1) is 0 Å². The van der Waals surface area contributed by atoms with Crippen LogP contribution in [0.15, 0.2) is 47.8 Å². The maximum absolute atomic E-state index is 4.39. The molecule has 2 aromatic heterocycles. The van der Waals surface area contributed by atoms with E-state index in [0.717, 1.165) is 12.2 Å². The molecule has 1 aliphatic heterocycles. The number of nitrogens with zero attached hydrogens (tertiary/aromatic N) is 3. The quantitative estimate of drug-likeness (QED) is 0.723. The molecule has 3 heteroatoms. The monoisotopic (exact) mass is 209 g/mol. The molecule has 0 amide bonds. The molecule has 0 aromatic carbocycles. The second-order valence-electron chi connectivity index (χ2n) is 3.86. The number of rotatable bonds is 1. The molecule has 1 atom stereocenters. The molecule has 1 aliphatic rings. The summed E-state index contributed by atoms with van der Waals surface area (Å²) in [5.74, 6) is 1.17. The third-order valence-electron chi connectivity index (χ3n) is 2.80. The fraction of sp³-hybridized carbons (Fsp3) is 0.154. The highest BCUT2D eigenvalue weighted by molar-refractivity contribution is 5.74. The largest absolute Gasteiger partial charge is 0.264 e. The van der Waals surface area contributed by atoms with Crippen molar-refractivity contribution in [2.24, 2.45) is 4.99 Å². The molecule has 0 aliphatic carbocycles. The van der Waals surface area contributed by atoms with Crippen molar-refractivity contribution in [3.63, 3.8) is 0 Å². The normalized spacial score (nSPS) is 18.1. The van der Waals surface area contributed by atoms with Gasteiger partial charge in [0.15, 0.2) is 5.82 Å². The molecule has 0 radical (unpaired) electrons. The van der Waals surface area contributed by atoms with Crippen molar-refractivity contribution >= 4 is 12.0 Å². The summed E-state index contributed by atoms with van der Waals surface area (Å²) in [6.45, 7) is 0. The smallest absolute Gasteiger partial charge is 0.154 e. The fourth-order valence-corrected chi connectivity index (χ4v) is 1.96. The van der Waals surface area contributed by atoms with E-state index in [1.807, 2.05) is 24.5 Å². The lowest BCUT2D eigenvalue weighted by Crippen LogP contribution is -2.09. The third-order valence-corrected chi connectivity index (χ3v) is 2.80. The van der Waals surface area contributed by atoms with Gasteiger partial charge in [-0.2, -0.15) is 0 Å². The number of hydrogen-bond donors (Lipinski definition) is 0. The Bertz CT molecular complexity index is 520. The molecule has 0 fully saturated rings. The van der Waals surface area contributed by atoms with Crippen LogP contribution in [-0.4, -0.2) is 16.2 Å². The average molecular weight is 209 g/mol. The van der Waals surface area contributed by atoms with Crippen LogP contribution in [0.4, 0.5) is 5.82 Å². The molecule has 0 saturated heterocycles. The number of aromatic nitrogens is 2. The third kappa shape index (κ3) is 1.60. The van der Waals surface area contributed by atoms with E-state index in [4.69, 9.17) is 0 Å². The summed E-state index contributed by atoms with van der Waals surface area (Å²) >= 11 is 0. The van der Waals surface area contributed by atoms with Gasteiger partial charge in [-0.25, -0.2) is 9.98 Å². The summed E-state index contributed by atoms with van der Waals surface area (Å²) in [7, 11) is 0. The van der Waals surface area contributed by atoms with E-state index in [0.29, 0.717) is 5.92 Å². The molecule has 16 heavy (non-hydrogen) atoms. The highest BCUT2D eigenvalue weighted by atomic mass is 14.9. The summed E-state index contributed by atoms with van der Waals surface area (Å²) in [5, 5.41) is 0. The van der Waals surface area contributed by atoms with Gasteiger partial charge in [0, 0.05) is 30.7 Å². The summed E-state index contributed by atoms with van der Waals surface area (Å²) in [6.07, 6.45) is 8.39. The van der Waals surface area contributed by atoms with E-state index in [-0.39, 0.29) is 0 Å². The maximum Gasteiger partial charge on any atom is 0.154 e. The second-order valence-corrected chi connectivity index (χ2v) is 3.86. The SMILES string of the molecule is C1=Nc2ncccc2CC1c1cccnc1. The molecule has 3 heterocycles. The average Bonchev–Trinajstić information content (AvgIpc) is 2.39. The number of aliphatic imine (C=N–C) groups is 1. The molecule has 0 spiro atoms. The van der Waals surface area contributed by atoms with E-state index >= 15 is 0 Å². The van der Waals surface area contributed by atoms with E-state index in [1.54, 1.807) is 12.4 Å². The first kappa shape index (κ1) is 9.21. The van der Waals surface area contributed by atoms with Crippen molar-refractivity contribution in [3.05, 3.63) is 54.0 Å². The van der Waals surface area contributed by atoms with Crippen molar-refractivity contribution < 1.29 is 0 Å². The van der Waals surface area contributed by atoms with Gasteiger partial charge in [0.25, 0.3) is 0 Å². The molecule has 2 aromatic rings. The van der Waals surface area contributed by atoms with Crippen LogP contribution in [0, 0.1) is 0 Å². The molecule has 0 N–H and O–H groups in total. The van der Waals surface area contributed by atoms with E-state index in [1.165, 1.54) is 11.1 Å². The molecule has 3 rings (SSSR count). The summed E-state index contributed by atoms with van der Waals surface area (Å²) < 4.78 is 0. The Labute approximate surface area is 93.9 Å². The van der Waals surface area contributed by atoms with Crippen molar-refractivity contribution in [1.82, 2.24) is 9.97 Å². The van der Waals surface area contributed by atoms with Crippen LogP contribution in [0.5, 0.6) is 0 Å². The highest BCUT2D eigenvalue weighted by Crippen LogP contribution is 2.28. The first-order valence-corrected chi connectivity index (χ1v) is 5.31. The minimum absolute atomic E-state index is 0.324. The predicted molar refractivity (Wildman–Crippen MR) is 63.1 cm³/mol. The summed E-state index contributed by atoms with van der Waals surface area (Å²) in [6, 6.07) is 8.09. The molecule has 0 saturated carbocycles. The van der Waals surface area contributed by atoms with Gasteiger partial charge in [0.1, 0.15) is 0 Å². The summed E-state index contributed by atoms with van der Waals surface area (Å²) in [5.41, 5.74) is 2.42. The molecular weight excluding hydrogens is 198 g/mol. The Morgan fingerprint density at radius 2 is 2.06 bits per heavy atom. The Hall–Kier alpha value is -2.03. The molecule has 1 unspecified atom stereocenters. The maximum atomic E-state index is 4.39. The lowest BCUT2D eigenvalue weighted by molar-refractivity contribution is 0.860. The van der Waals surface area contributed by atoms with E-state index in [2.05, 4.69) is 27.1 Å². The van der Waals surface area contributed by atoms with E-state index < -0.39 is 0 Å². The van der Waals surface area contributed by atoms with Gasteiger partial charge in [-0.3, -0.25) is 4.98 Å². The van der Waals surface area contributed by atoms with Crippen molar-refractivity contribution in [2.75, 3.05) is 0 Å². The van der Waals surface area contributed by atoms with Crippen LogP contribution < -0.4 is 0 Å². The molecular formula is C13H11N3. The first-order chi connectivity index (χ1) is 7.93. The zero-order chi connectivity index (χ0) is 10.8. The van der Waals surface area contributed by atoms with Gasteiger partial charge in [-0.1, -0.05) is 12.1 Å². The van der Waals surface area contributed by atoms with Crippen LogP contribution in [-0.2, 0) is 6.42 Å². The fourth-order valence-electron chi connectivity index (χ4n) is 1.96. The number of fused-ring (bicyclic) bond motifs is 1. The van der Waals surface area contributed by atoms with Crippen LogP contribution in [0.1, 0.15) is 17.0 Å². The molecule has 3 nitrogen and oxygen atoms in total. The van der Waals surface area contributed by atoms with Gasteiger partial charge in [0.2, 0.25) is 0 Å². The second kappa shape index (κ2) is 3.85. The van der Waals surface area contributed by atoms with E-state index in [9.17, 15) is 0 Å². The van der Waals surface area contributed by atoms with Crippen LogP contribution in [0.2, 0.25) is 0 Å². The summed E-state index contributed by atoms with van der Waals surface area (Å²) in [4.78, 5) is 12.8. The Kier molecular flexibility index (Phi) is 2.22. The standard InChI is InChI=1S/C13H11N3/c1-4-11(8-14-5-1)12-7-10-3-2-6-15-13(10)16-9-12/h1-6,8-9,12H,7H2. The van der Waals surface area contributed by atoms with Crippen molar-refractivity contribution in [1.29, 1.82) is 0 Å². The lowest BCUT2D eigenvalue weighted by Gasteiger charge is -2.17. The zero-order valence-corrected chi connectivity index (χ0v) is 8.74. The van der Waals surface area contributed by atoms with Crippen molar-refractivity contribution in [2.45, 2.75) is 12.3 Å². The van der Waals surface area contributed by atoms with Gasteiger partial charge >= 0.3 is 0 Å². The van der Waals surface area contributed by atoms with Crippen LogP contribution in [0.25, 0.3) is 0 Å². The van der Waals surface area contributed by atoms with Gasteiger partial charge in [-0.15, -0.1) is 0 Å². The molecule has 78 valence electrons. The predicted octanol–water partition coefficient (Wildman–Crippen LogP) is 2.52. The van der Waals surface area contributed by atoms with Gasteiger partial charge < -0.3 is 0 Å². The number of hydrogen-bond acceptors (Lipinski definition) is 3. The number of pyridine rings is 2. The van der Waals surface area contributed by atoms with Crippen molar-refractivity contribution in [3.8, 4) is 0 Å². The highest BCUT2D eigenvalue weighted by Gasteiger charge is 2.16. The Balaban J connectivity index is 1.95. The van der Waals surface area contributed by atoms with Gasteiger partial charge in [-0.05, 0) is 29.7 Å². The Morgan fingerprint density at radius 1 is 1.12 bits per heavy atom. The topological polar surface area (TPSA) is 38.1 Å². The molecule has 0 bridgehead atoms. The Morgan fingerprint density at radius 3 is 2.94 bits per heavy atom. The van der Waals surface area contributed by atoms with Crippen LogP contribution in [0.3, 0.4) is 0 Å². The van der Waals surface area contributed by atoms with Crippen LogP contribution >= 0.6 is 0 Å². The zero-order valence-electron chi connectivity index (χ0n) is 8.74. The minimum Gasteiger partial charge on any atom is -0.264 e. The lowest BCUT2D eigenvalue weighted by atomic mass is 9.93.